The van der Waals surface area contributed by atoms with Crippen molar-refractivity contribution in [1.29, 1.82) is 0 Å². The first-order valence-corrected chi connectivity index (χ1v) is 11.3. The van der Waals surface area contributed by atoms with Crippen LogP contribution in [0.15, 0.2) is 33.6 Å². The molecule has 0 spiro atoms. The van der Waals surface area contributed by atoms with Crippen LogP contribution in [0.2, 0.25) is 0 Å². The van der Waals surface area contributed by atoms with Gasteiger partial charge in [-0.1, -0.05) is 12.1 Å². The van der Waals surface area contributed by atoms with Gasteiger partial charge in [0.25, 0.3) is 10.0 Å². The van der Waals surface area contributed by atoms with Crippen LogP contribution in [-0.2, 0) is 24.3 Å². The SMILES string of the molecule is CCOC(=O)CN(C(=O)C1CCN(C2=NS(=O)(=O)c3ccccc32)CC1)C(C)C. The summed E-state index contributed by atoms with van der Waals surface area (Å²) in [5.41, 5.74) is 0.614. The van der Waals surface area contributed by atoms with Gasteiger partial charge in [0.05, 0.1) is 6.61 Å². The van der Waals surface area contributed by atoms with Crippen LogP contribution in [0.5, 0.6) is 0 Å². The third kappa shape index (κ3) is 4.44. The molecule has 29 heavy (non-hydrogen) atoms. The predicted molar refractivity (Wildman–Crippen MR) is 108 cm³/mol. The first-order valence-electron chi connectivity index (χ1n) is 9.90. The van der Waals surface area contributed by atoms with Crippen molar-refractivity contribution in [3.63, 3.8) is 0 Å². The lowest BCUT2D eigenvalue weighted by molar-refractivity contribution is -0.152. The van der Waals surface area contributed by atoms with Crippen LogP contribution in [0.25, 0.3) is 0 Å². The molecule has 2 aliphatic heterocycles. The number of sulfonamides is 1. The topological polar surface area (TPSA) is 96.3 Å². The van der Waals surface area contributed by atoms with E-state index in [1.807, 2.05) is 18.7 Å². The van der Waals surface area contributed by atoms with Gasteiger partial charge in [0.2, 0.25) is 5.91 Å². The van der Waals surface area contributed by atoms with Crippen LogP contribution in [0.1, 0.15) is 39.2 Å². The second-order valence-corrected chi connectivity index (χ2v) is 9.08. The minimum Gasteiger partial charge on any atom is -0.465 e. The van der Waals surface area contributed by atoms with Crippen molar-refractivity contribution in [1.82, 2.24) is 9.80 Å². The van der Waals surface area contributed by atoms with E-state index in [1.54, 1.807) is 36.1 Å². The zero-order valence-corrected chi connectivity index (χ0v) is 17.8. The molecule has 0 aromatic heterocycles. The molecule has 0 atom stereocenters. The maximum absolute atomic E-state index is 13.0. The molecule has 0 saturated carbocycles. The zero-order valence-electron chi connectivity index (χ0n) is 17.0. The van der Waals surface area contributed by atoms with E-state index in [0.717, 1.165) is 0 Å². The first kappa shape index (κ1) is 21.3. The molecule has 0 unspecified atom stereocenters. The number of hydrogen-bond donors (Lipinski definition) is 0. The summed E-state index contributed by atoms with van der Waals surface area (Å²) in [5, 5.41) is 0. The molecule has 1 aromatic carbocycles. The number of amides is 1. The van der Waals surface area contributed by atoms with E-state index in [1.165, 1.54) is 0 Å². The highest BCUT2D eigenvalue weighted by atomic mass is 32.2. The Labute approximate surface area is 171 Å². The maximum atomic E-state index is 13.0. The highest BCUT2D eigenvalue weighted by Gasteiger charge is 2.36. The number of fused-ring (bicyclic) bond motifs is 1. The van der Waals surface area contributed by atoms with E-state index in [2.05, 4.69) is 4.40 Å². The number of ether oxygens (including phenoxy) is 1. The van der Waals surface area contributed by atoms with Gasteiger partial charge >= 0.3 is 5.97 Å². The number of piperidine rings is 1. The van der Waals surface area contributed by atoms with Crippen molar-refractivity contribution in [2.45, 2.75) is 44.6 Å². The number of hydrogen-bond acceptors (Lipinski definition) is 6. The van der Waals surface area contributed by atoms with Crippen LogP contribution >= 0.6 is 0 Å². The smallest absolute Gasteiger partial charge is 0.325 e. The number of carbonyl (C=O) groups is 2. The summed E-state index contributed by atoms with van der Waals surface area (Å²) in [4.78, 5) is 28.6. The summed E-state index contributed by atoms with van der Waals surface area (Å²) < 4.78 is 33.5. The number of likely N-dealkylation sites (tertiary alicyclic amines) is 1. The molecule has 9 heteroatoms. The third-order valence-electron chi connectivity index (χ3n) is 5.27. The van der Waals surface area contributed by atoms with E-state index in [-0.39, 0.29) is 35.9 Å². The van der Waals surface area contributed by atoms with E-state index >= 15 is 0 Å². The summed E-state index contributed by atoms with van der Waals surface area (Å²) in [6.45, 7) is 6.78. The van der Waals surface area contributed by atoms with Gasteiger partial charge in [0.15, 0.2) is 5.84 Å². The number of benzene rings is 1. The average molecular weight is 422 g/mol. The summed E-state index contributed by atoms with van der Waals surface area (Å²) in [7, 11) is -3.66. The fourth-order valence-electron chi connectivity index (χ4n) is 3.75. The quantitative estimate of drug-likeness (QED) is 0.671. The van der Waals surface area contributed by atoms with Crippen molar-refractivity contribution >= 4 is 27.7 Å². The molecule has 1 saturated heterocycles. The average Bonchev–Trinajstić information content (AvgIpc) is 2.97. The molecule has 3 rings (SSSR count). The second-order valence-electron chi connectivity index (χ2n) is 7.51. The standard InChI is InChI=1S/C20H27N3O5S/c1-4-28-18(24)13-23(14(2)3)20(25)15-9-11-22(12-10-15)19-16-7-5-6-8-17(16)29(26,27)21-19/h5-8,14-15H,4,9-13H2,1-3H3. The fraction of sp³-hybridized carbons (Fsp3) is 0.550. The van der Waals surface area contributed by atoms with Gasteiger partial charge in [0, 0.05) is 30.6 Å². The van der Waals surface area contributed by atoms with Crippen LogP contribution < -0.4 is 0 Å². The van der Waals surface area contributed by atoms with Gasteiger partial charge in [0.1, 0.15) is 11.4 Å². The molecule has 1 aromatic rings. The molecular formula is C20H27N3O5S. The minimum absolute atomic E-state index is 0.0527. The molecule has 0 N–H and O–H groups in total. The molecule has 0 radical (unpaired) electrons. The zero-order chi connectivity index (χ0) is 21.2. The largest absolute Gasteiger partial charge is 0.465 e. The minimum atomic E-state index is -3.66. The molecule has 1 amide bonds. The summed E-state index contributed by atoms with van der Waals surface area (Å²) in [6, 6.07) is 6.69. The van der Waals surface area contributed by atoms with E-state index in [4.69, 9.17) is 4.74 Å². The molecular weight excluding hydrogens is 394 g/mol. The monoisotopic (exact) mass is 421 g/mol. The van der Waals surface area contributed by atoms with Crippen molar-refractivity contribution in [2.75, 3.05) is 26.2 Å². The van der Waals surface area contributed by atoms with Gasteiger partial charge < -0.3 is 14.5 Å². The van der Waals surface area contributed by atoms with E-state index in [9.17, 15) is 18.0 Å². The molecule has 1 fully saturated rings. The molecule has 0 aliphatic carbocycles. The summed E-state index contributed by atoms with van der Waals surface area (Å²) in [6.07, 6.45) is 1.15. The van der Waals surface area contributed by atoms with Gasteiger partial charge in [-0.15, -0.1) is 4.40 Å². The third-order valence-corrected chi connectivity index (χ3v) is 6.59. The number of nitrogens with zero attached hydrogens (tertiary/aromatic N) is 3. The molecule has 2 heterocycles. The number of carbonyl (C=O) groups excluding carboxylic acids is 2. The Morgan fingerprint density at radius 2 is 1.90 bits per heavy atom. The Kier molecular flexibility index (Phi) is 6.26. The van der Waals surface area contributed by atoms with Gasteiger partial charge in [-0.25, -0.2) is 0 Å². The lowest BCUT2D eigenvalue weighted by Crippen LogP contribution is -2.48. The van der Waals surface area contributed by atoms with Crippen LogP contribution in [-0.4, -0.2) is 68.2 Å². The summed E-state index contributed by atoms with van der Waals surface area (Å²) >= 11 is 0. The van der Waals surface area contributed by atoms with Gasteiger partial charge in [-0.2, -0.15) is 8.42 Å². The van der Waals surface area contributed by atoms with Crippen molar-refractivity contribution < 1.29 is 22.7 Å². The van der Waals surface area contributed by atoms with Crippen molar-refractivity contribution in [3.8, 4) is 0 Å². The predicted octanol–water partition coefficient (Wildman–Crippen LogP) is 1.65. The highest BCUT2D eigenvalue weighted by molar-refractivity contribution is 7.90. The normalized spacial score (nSPS) is 18.3. The number of esters is 1. The van der Waals surface area contributed by atoms with Crippen molar-refractivity contribution in [2.24, 2.45) is 10.3 Å². The first-order chi connectivity index (χ1) is 13.7. The van der Waals surface area contributed by atoms with Crippen LogP contribution in [0.4, 0.5) is 0 Å². The molecule has 0 bridgehead atoms. The Morgan fingerprint density at radius 1 is 1.24 bits per heavy atom. The second kappa shape index (κ2) is 8.52. The Balaban J connectivity index is 1.67. The number of amidine groups is 1. The summed E-state index contributed by atoms with van der Waals surface area (Å²) in [5.74, 6) is -0.223. The van der Waals surface area contributed by atoms with Crippen LogP contribution in [0, 0.1) is 5.92 Å². The Morgan fingerprint density at radius 3 is 2.52 bits per heavy atom. The lowest BCUT2D eigenvalue weighted by atomic mass is 9.94. The van der Waals surface area contributed by atoms with Crippen molar-refractivity contribution in [3.05, 3.63) is 29.8 Å². The van der Waals surface area contributed by atoms with Gasteiger partial charge in [-0.3, -0.25) is 9.59 Å². The van der Waals surface area contributed by atoms with Crippen LogP contribution in [0.3, 0.4) is 0 Å². The van der Waals surface area contributed by atoms with E-state index in [0.29, 0.717) is 37.3 Å². The maximum Gasteiger partial charge on any atom is 0.325 e. The lowest BCUT2D eigenvalue weighted by Gasteiger charge is -2.36. The molecule has 158 valence electrons. The Bertz CT molecular complexity index is 918. The van der Waals surface area contributed by atoms with E-state index < -0.39 is 16.0 Å². The number of rotatable bonds is 5. The van der Waals surface area contributed by atoms with Gasteiger partial charge in [-0.05, 0) is 45.7 Å². The highest BCUT2D eigenvalue weighted by Crippen LogP contribution is 2.30. The molecule has 8 nitrogen and oxygen atoms in total. The fourth-order valence-corrected chi connectivity index (χ4v) is 4.98. The molecule has 2 aliphatic rings. The Hall–Kier alpha value is -2.42.